The van der Waals surface area contributed by atoms with Crippen LogP contribution in [0.2, 0.25) is 0 Å². The van der Waals surface area contributed by atoms with Gasteiger partial charge in [-0.15, -0.1) is 0 Å². The first kappa shape index (κ1) is 24.3. The molecule has 0 aliphatic rings. The Morgan fingerprint density at radius 2 is 1.55 bits per heavy atom. The summed E-state index contributed by atoms with van der Waals surface area (Å²) in [7, 11) is 0. The summed E-state index contributed by atoms with van der Waals surface area (Å²) in [6.07, 6.45) is 0.920. The van der Waals surface area contributed by atoms with Crippen LogP contribution in [0.1, 0.15) is 26.3 Å². The summed E-state index contributed by atoms with van der Waals surface area (Å²) in [6, 6.07) is 2.66. The minimum absolute atomic E-state index is 0.0308. The lowest BCUT2D eigenvalue weighted by Crippen LogP contribution is -2.26. The molecule has 0 atom stereocenters. The fraction of sp³-hybridized carbons (Fsp3) is 0.211. The van der Waals surface area contributed by atoms with Gasteiger partial charge in [0.15, 0.2) is 34.8 Å². The number of hydrazone groups is 1. The number of hydrogen-bond donors (Lipinski definition) is 0. The molecular formula is C19H14BrF5N2O4. The molecule has 2 aromatic carbocycles. The van der Waals surface area contributed by atoms with Crippen LogP contribution in [0.15, 0.2) is 21.7 Å². The number of hydrogen-bond acceptors (Lipinski definition) is 5. The van der Waals surface area contributed by atoms with Crippen molar-refractivity contribution in [1.29, 1.82) is 0 Å². The maximum atomic E-state index is 14.1. The van der Waals surface area contributed by atoms with Crippen LogP contribution in [0.25, 0.3) is 0 Å². The van der Waals surface area contributed by atoms with Crippen molar-refractivity contribution >= 4 is 39.7 Å². The van der Waals surface area contributed by atoms with E-state index in [9.17, 15) is 31.5 Å². The van der Waals surface area contributed by atoms with E-state index in [0.29, 0.717) is 0 Å². The molecular weight excluding hydrogens is 495 g/mol. The molecule has 0 heterocycles. The quantitative estimate of drug-likeness (QED) is 0.106. The number of amides is 1. The second kappa shape index (κ2) is 9.86. The van der Waals surface area contributed by atoms with E-state index in [0.717, 1.165) is 13.1 Å². The van der Waals surface area contributed by atoms with E-state index in [1.807, 2.05) is 0 Å². The Kier molecular flexibility index (Phi) is 7.71. The maximum Gasteiger partial charge on any atom is 0.308 e. The average molecular weight is 509 g/mol. The van der Waals surface area contributed by atoms with Crippen molar-refractivity contribution in [3.8, 4) is 11.5 Å². The molecule has 0 unspecified atom stereocenters. The Hall–Kier alpha value is -3.02. The average Bonchev–Trinajstić information content (AvgIpc) is 2.69. The van der Waals surface area contributed by atoms with E-state index in [4.69, 9.17) is 9.47 Å². The van der Waals surface area contributed by atoms with Gasteiger partial charge in [-0.3, -0.25) is 9.59 Å². The van der Waals surface area contributed by atoms with Crippen molar-refractivity contribution in [3.63, 3.8) is 0 Å². The third-order valence-corrected chi connectivity index (χ3v) is 4.31. The van der Waals surface area contributed by atoms with Gasteiger partial charge in [-0.25, -0.2) is 22.0 Å². The highest BCUT2D eigenvalue weighted by molar-refractivity contribution is 9.10. The fourth-order valence-corrected chi connectivity index (χ4v) is 2.77. The molecule has 0 fully saturated rings. The van der Waals surface area contributed by atoms with Gasteiger partial charge in [0.2, 0.25) is 11.7 Å². The summed E-state index contributed by atoms with van der Waals surface area (Å²) < 4.78 is 79.1. The normalized spacial score (nSPS) is 11.0. The molecule has 0 aliphatic carbocycles. The molecule has 0 radical (unpaired) electrons. The van der Waals surface area contributed by atoms with E-state index in [1.165, 1.54) is 19.1 Å². The number of benzene rings is 2. The Morgan fingerprint density at radius 3 is 2.03 bits per heavy atom. The lowest BCUT2D eigenvalue weighted by molar-refractivity contribution is -0.132. The van der Waals surface area contributed by atoms with Crippen molar-refractivity contribution in [1.82, 2.24) is 0 Å². The third kappa shape index (κ3) is 5.19. The Morgan fingerprint density at radius 1 is 1.00 bits per heavy atom. The molecule has 31 heavy (non-hydrogen) atoms. The minimum Gasteiger partial charge on any atom is -0.490 e. The van der Waals surface area contributed by atoms with E-state index in [2.05, 4.69) is 21.0 Å². The number of anilines is 1. The lowest BCUT2D eigenvalue weighted by Gasteiger charge is -2.18. The van der Waals surface area contributed by atoms with Gasteiger partial charge in [0.1, 0.15) is 5.69 Å². The minimum atomic E-state index is -2.36. The summed E-state index contributed by atoms with van der Waals surface area (Å²) in [5.41, 5.74) is -1.35. The predicted octanol–water partition coefficient (Wildman–Crippen LogP) is 4.86. The molecule has 0 N–H and O–H groups in total. The third-order valence-electron chi connectivity index (χ3n) is 3.63. The zero-order valence-electron chi connectivity index (χ0n) is 16.2. The van der Waals surface area contributed by atoms with Gasteiger partial charge >= 0.3 is 5.97 Å². The molecule has 2 aromatic rings. The summed E-state index contributed by atoms with van der Waals surface area (Å²) in [6.45, 7) is 3.85. The molecule has 0 saturated heterocycles. The monoisotopic (exact) mass is 508 g/mol. The van der Waals surface area contributed by atoms with Crippen LogP contribution in [0, 0.1) is 29.1 Å². The smallest absolute Gasteiger partial charge is 0.308 e. The summed E-state index contributed by atoms with van der Waals surface area (Å²) in [5, 5.41) is 3.61. The molecule has 12 heteroatoms. The number of nitrogens with zero attached hydrogens (tertiary/aromatic N) is 2. The van der Waals surface area contributed by atoms with Gasteiger partial charge in [0, 0.05) is 23.9 Å². The van der Waals surface area contributed by atoms with Crippen molar-refractivity contribution in [2.45, 2.75) is 20.8 Å². The fourth-order valence-electron chi connectivity index (χ4n) is 2.35. The molecule has 0 saturated carbocycles. The van der Waals surface area contributed by atoms with Gasteiger partial charge in [-0.1, -0.05) is 0 Å². The summed E-state index contributed by atoms with van der Waals surface area (Å²) >= 11 is 3.17. The second-order valence-corrected chi connectivity index (χ2v) is 6.70. The van der Waals surface area contributed by atoms with Crippen LogP contribution in [-0.4, -0.2) is 24.7 Å². The van der Waals surface area contributed by atoms with Crippen LogP contribution in [0.5, 0.6) is 11.5 Å². The lowest BCUT2D eigenvalue weighted by atomic mass is 10.2. The predicted molar refractivity (Wildman–Crippen MR) is 104 cm³/mol. The van der Waals surface area contributed by atoms with Crippen LogP contribution < -0.4 is 14.5 Å². The van der Waals surface area contributed by atoms with Crippen LogP contribution in [-0.2, 0) is 9.59 Å². The molecule has 166 valence electrons. The highest BCUT2D eigenvalue weighted by Crippen LogP contribution is 2.34. The molecule has 1 amide bonds. The zero-order chi connectivity index (χ0) is 23.5. The Bertz CT molecular complexity index is 1050. The largest absolute Gasteiger partial charge is 0.490 e. The van der Waals surface area contributed by atoms with E-state index >= 15 is 0 Å². The van der Waals surface area contributed by atoms with Gasteiger partial charge in [-0.05, 0) is 35.0 Å². The Labute approximate surface area is 181 Å². The number of esters is 1. The highest BCUT2D eigenvalue weighted by atomic mass is 79.9. The topological polar surface area (TPSA) is 68.2 Å². The van der Waals surface area contributed by atoms with E-state index in [1.54, 1.807) is 6.92 Å². The van der Waals surface area contributed by atoms with E-state index in [-0.39, 0.29) is 33.2 Å². The molecule has 2 rings (SSSR count). The van der Waals surface area contributed by atoms with Gasteiger partial charge in [-0.2, -0.15) is 10.1 Å². The number of rotatable bonds is 6. The Balaban J connectivity index is 2.57. The summed E-state index contributed by atoms with van der Waals surface area (Å²) in [5.74, 6) is -12.8. The van der Waals surface area contributed by atoms with Crippen molar-refractivity contribution in [3.05, 3.63) is 51.3 Å². The first-order valence-electron chi connectivity index (χ1n) is 8.50. The molecule has 6 nitrogen and oxygen atoms in total. The van der Waals surface area contributed by atoms with Crippen LogP contribution in [0.3, 0.4) is 0 Å². The van der Waals surface area contributed by atoms with E-state index < -0.39 is 46.6 Å². The van der Waals surface area contributed by atoms with Gasteiger partial charge in [0.05, 0.1) is 12.8 Å². The van der Waals surface area contributed by atoms with Crippen molar-refractivity contribution in [2.24, 2.45) is 5.10 Å². The maximum absolute atomic E-state index is 14.1. The van der Waals surface area contributed by atoms with Crippen LogP contribution in [0.4, 0.5) is 27.6 Å². The number of ether oxygens (including phenoxy) is 2. The molecule has 0 aromatic heterocycles. The number of carbonyl (C=O) groups excluding carboxylic acids is 2. The van der Waals surface area contributed by atoms with Crippen molar-refractivity contribution in [2.75, 3.05) is 11.6 Å². The molecule has 0 bridgehead atoms. The second-order valence-electron chi connectivity index (χ2n) is 5.84. The standard InChI is InChI=1S/C19H14BrF5N2O4/c1-4-30-12-5-10(11(20)6-13(12)31-9(3)29)7-26-27(8(2)28)19-17(24)15(22)14(21)16(23)18(19)25/h5-7H,4H2,1-3H3/b26-7-. The van der Waals surface area contributed by atoms with Gasteiger partial charge in [0.25, 0.3) is 0 Å². The van der Waals surface area contributed by atoms with Gasteiger partial charge < -0.3 is 9.47 Å². The van der Waals surface area contributed by atoms with Crippen molar-refractivity contribution < 1.29 is 41.0 Å². The number of halogens is 6. The first-order valence-corrected chi connectivity index (χ1v) is 9.29. The van der Waals surface area contributed by atoms with Crippen LogP contribution >= 0.6 is 15.9 Å². The zero-order valence-corrected chi connectivity index (χ0v) is 17.8. The summed E-state index contributed by atoms with van der Waals surface area (Å²) in [4.78, 5) is 23.1. The number of carbonyl (C=O) groups is 2. The SMILES string of the molecule is CCOc1cc(/C=N\N(C(C)=O)c2c(F)c(F)c(F)c(F)c2F)c(Br)cc1OC(C)=O. The first-order chi connectivity index (χ1) is 14.5. The molecule has 0 aliphatic heterocycles. The highest BCUT2D eigenvalue weighted by Gasteiger charge is 2.30. The molecule has 0 spiro atoms.